The second-order valence-corrected chi connectivity index (χ2v) is 9.93. The number of alkyl halides is 3. The van der Waals surface area contributed by atoms with Gasteiger partial charge in [0.15, 0.2) is 11.4 Å². The van der Waals surface area contributed by atoms with Gasteiger partial charge in [-0.15, -0.1) is 0 Å². The van der Waals surface area contributed by atoms with Crippen LogP contribution in [0.2, 0.25) is 0 Å². The molecule has 1 aliphatic rings. The standard InChI is InChI=1S/C31H28F3NO5/c1-19(36)27-26(37)13-12-24-25(18-20-4-10-23(11-5-20)39-17-16-35-14-2-3-15-35)28(30(38)40-29(24)27)21-6-8-22(9-7-21)31(32,33)34/h4-13,37H,2-3,14-18H2,1H3. The summed E-state index contributed by atoms with van der Waals surface area (Å²) in [6.45, 7) is 4.85. The first-order valence-corrected chi connectivity index (χ1v) is 13.1. The van der Waals surface area contributed by atoms with E-state index in [2.05, 4.69) is 4.90 Å². The van der Waals surface area contributed by atoms with Crippen molar-refractivity contribution in [2.45, 2.75) is 32.4 Å². The van der Waals surface area contributed by atoms with Crippen molar-refractivity contribution < 1.29 is 32.2 Å². The van der Waals surface area contributed by atoms with Crippen molar-refractivity contribution in [1.82, 2.24) is 4.90 Å². The number of aromatic hydroxyl groups is 1. The molecule has 9 heteroatoms. The lowest BCUT2D eigenvalue weighted by molar-refractivity contribution is -0.137. The highest BCUT2D eigenvalue weighted by Gasteiger charge is 2.30. The van der Waals surface area contributed by atoms with Crippen LogP contribution >= 0.6 is 0 Å². The van der Waals surface area contributed by atoms with E-state index in [0.29, 0.717) is 23.3 Å². The molecule has 0 radical (unpaired) electrons. The average molecular weight is 552 g/mol. The largest absolute Gasteiger partial charge is 0.507 e. The second kappa shape index (κ2) is 11.2. The molecule has 0 atom stereocenters. The molecule has 2 heterocycles. The number of ether oxygens (including phenoxy) is 1. The molecule has 3 aromatic carbocycles. The minimum absolute atomic E-state index is 0.0648. The fraction of sp³-hybridized carbons (Fsp3) is 0.290. The van der Waals surface area contributed by atoms with Crippen LogP contribution in [-0.4, -0.2) is 42.0 Å². The van der Waals surface area contributed by atoms with Crippen molar-refractivity contribution in [2.75, 3.05) is 26.2 Å². The van der Waals surface area contributed by atoms with Gasteiger partial charge in [-0.3, -0.25) is 9.69 Å². The molecular weight excluding hydrogens is 523 g/mol. The summed E-state index contributed by atoms with van der Waals surface area (Å²) < 4.78 is 50.9. The van der Waals surface area contributed by atoms with Crippen LogP contribution in [0, 0.1) is 0 Å². The smallest absolute Gasteiger partial charge is 0.416 e. The van der Waals surface area contributed by atoms with Crippen LogP contribution in [0.5, 0.6) is 11.5 Å². The lowest BCUT2D eigenvalue weighted by Gasteiger charge is -2.16. The van der Waals surface area contributed by atoms with Crippen LogP contribution < -0.4 is 10.4 Å². The van der Waals surface area contributed by atoms with E-state index in [1.807, 2.05) is 24.3 Å². The fourth-order valence-corrected chi connectivity index (χ4v) is 5.17. The molecular formula is C31H28F3NO5. The Hall–Kier alpha value is -4.11. The zero-order valence-corrected chi connectivity index (χ0v) is 21.9. The summed E-state index contributed by atoms with van der Waals surface area (Å²) in [4.78, 5) is 28.0. The van der Waals surface area contributed by atoms with Crippen LogP contribution in [0.25, 0.3) is 22.1 Å². The third-order valence-electron chi connectivity index (χ3n) is 7.19. The summed E-state index contributed by atoms with van der Waals surface area (Å²) >= 11 is 0. The number of phenolic OH excluding ortho intramolecular Hbond substituents is 1. The molecule has 40 heavy (non-hydrogen) atoms. The topological polar surface area (TPSA) is 80.0 Å². The van der Waals surface area contributed by atoms with Gasteiger partial charge in [0.05, 0.1) is 11.1 Å². The van der Waals surface area contributed by atoms with Gasteiger partial charge >= 0.3 is 11.8 Å². The molecule has 5 rings (SSSR count). The highest BCUT2D eigenvalue weighted by atomic mass is 19.4. The van der Waals surface area contributed by atoms with Crippen LogP contribution in [0.1, 0.15) is 46.8 Å². The van der Waals surface area contributed by atoms with E-state index >= 15 is 0 Å². The number of ketones is 1. The number of carbonyl (C=O) groups is 1. The Morgan fingerprint density at radius 3 is 2.30 bits per heavy atom. The van der Waals surface area contributed by atoms with Gasteiger partial charge in [-0.1, -0.05) is 24.3 Å². The summed E-state index contributed by atoms with van der Waals surface area (Å²) in [5, 5.41) is 10.7. The molecule has 4 aromatic rings. The van der Waals surface area contributed by atoms with Crippen LogP contribution in [-0.2, 0) is 12.6 Å². The van der Waals surface area contributed by atoms with Crippen molar-refractivity contribution in [3.63, 3.8) is 0 Å². The van der Waals surface area contributed by atoms with Gasteiger partial charge in [-0.25, -0.2) is 4.79 Å². The number of benzene rings is 3. The molecule has 0 bridgehead atoms. The van der Waals surface area contributed by atoms with Crippen molar-refractivity contribution in [3.8, 4) is 22.6 Å². The summed E-state index contributed by atoms with van der Waals surface area (Å²) in [5.74, 6) is -0.117. The van der Waals surface area contributed by atoms with Crippen molar-refractivity contribution in [2.24, 2.45) is 0 Å². The molecule has 0 spiro atoms. The average Bonchev–Trinajstić information content (AvgIpc) is 3.42. The van der Waals surface area contributed by atoms with E-state index in [1.165, 1.54) is 38.0 Å². The number of Topliss-reactive ketones (excluding diaryl/α,β-unsaturated/α-hetero) is 1. The van der Waals surface area contributed by atoms with Gasteiger partial charge in [0.1, 0.15) is 23.7 Å². The Bertz CT molecular complexity index is 1590. The van der Waals surface area contributed by atoms with E-state index in [1.54, 1.807) is 6.07 Å². The van der Waals surface area contributed by atoms with Crippen LogP contribution in [0.4, 0.5) is 13.2 Å². The SMILES string of the molecule is CC(=O)c1c(O)ccc2c(Cc3ccc(OCCN4CCCC4)cc3)c(-c3ccc(C(F)(F)F)cc3)c(=O)oc12. The zero-order valence-electron chi connectivity index (χ0n) is 21.9. The van der Waals surface area contributed by atoms with E-state index < -0.39 is 23.1 Å². The zero-order chi connectivity index (χ0) is 28.4. The minimum atomic E-state index is -4.53. The Labute approximate surface area is 228 Å². The maximum absolute atomic E-state index is 13.3. The number of carbonyl (C=O) groups excluding carboxylic acids is 1. The first-order chi connectivity index (χ1) is 19.1. The first kappa shape index (κ1) is 27.5. The Morgan fingerprint density at radius 1 is 1.00 bits per heavy atom. The Morgan fingerprint density at radius 2 is 1.68 bits per heavy atom. The fourth-order valence-electron chi connectivity index (χ4n) is 5.17. The molecule has 1 saturated heterocycles. The van der Waals surface area contributed by atoms with Crippen molar-refractivity contribution in [1.29, 1.82) is 0 Å². The molecule has 6 nitrogen and oxygen atoms in total. The molecule has 0 unspecified atom stereocenters. The van der Waals surface area contributed by atoms with E-state index in [9.17, 15) is 27.9 Å². The predicted octanol–water partition coefficient (Wildman–Crippen LogP) is 6.45. The summed E-state index contributed by atoms with van der Waals surface area (Å²) in [6, 6.07) is 14.5. The number of fused-ring (bicyclic) bond motifs is 1. The molecule has 0 saturated carbocycles. The summed E-state index contributed by atoms with van der Waals surface area (Å²) in [5.41, 5.74) is -0.239. The molecule has 1 aromatic heterocycles. The number of halogens is 3. The highest BCUT2D eigenvalue weighted by Crippen LogP contribution is 2.36. The third kappa shape index (κ3) is 5.74. The highest BCUT2D eigenvalue weighted by molar-refractivity contribution is 6.08. The molecule has 1 fully saturated rings. The number of hydrogen-bond donors (Lipinski definition) is 1. The predicted molar refractivity (Wildman–Crippen MR) is 145 cm³/mol. The number of hydrogen-bond acceptors (Lipinski definition) is 6. The normalized spacial score (nSPS) is 14.1. The van der Waals surface area contributed by atoms with Gasteiger partial charge < -0.3 is 14.3 Å². The lowest BCUT2D eigenvalue weighted by atomic mass is 9.91. The molecule has 1 N–H and O–H groups in total. The second-order valence-electron chi connectivity index (χ2n) is 9.93. The lowest BCUT2D eigenvalue weighted by Crippen LogP contribution is -2.25. The number of likely N-dealkylation sites (tertiary alicyclic amines) is 1. The first-order valence-electron chi connectivity index (χ1n) is 13.1. The Kier molecular flexibility index (Phi) is 7.67. The summed E-state index contributed by atoms with van der Waals surface area (Å²) in [7, 11) is 0. The van der Waals surface area contributed by atoms with Gasteiger partial charge in [0.25, 0.3) is 0 Å². The van der Waals surface area contributed by atoms with Crippen molar-refractivity contribution in [3.05, 3.63) is 93.3 Å². The Balaban J connectivity index is 1.53. The minimum Gasteiger partial charge on any atom is -0.507 e. The van der Waals surface area contributed by atoms with E-state index in [4.69, 9.17) is 9.15 Å². The quantitative estimate of drug-likeness (QED) is 0.200. The number of rotatable bonds is 8. The van der Waals surface area contributed by atoms with Gasteiger partial charge in [-0.2, -0.15) is 13.2 Å². The number of nitrogens with zero attached hydrogens (tertiary/aromatic N) is 1. The van der Waals surface area contributed by atoms with Gasteiger partial charge in [0, 0.05) is 11.9 Å². The summed E-state index contributed by atoms with van der Waals surface area (Å²) in [6.07, 6.45) is -1.89. The van der Waals surface area contributed by atoms with E-state index in [0.717, 1.165) is 37.3 Å². The monoisotopic (exact) mass is 551 g/mol. The van der Waals surface area contributed by atoms with Crippen molar-refractivity contribution >= 4 is 16.8 Å². The molecule has 1 aliphatic heterocycles. The molecule has 208 valence electrons. The van der Waals surface area contributed by atoms with Gasteiger partial charge in [-0.05, 0) is 92.4 Å². The van der Waals surface area contributed by atoms with Crippen LogP contribution in [0.3, 0.4) is 0 Å². The van der Waals surface area contributed by atoms with Crippen LogP contribution in [0.15, 0.2) is 69.9 Å². The maximum Gasteiger partial charge on any atom is 0.416 e. The third-order valence-corrected chi connectivity index (χ3v) is 7.19. The molecule has 0 amide bonds. The van der Waals surface area contributed by atoms with Gasteiger partial charge in [0.2, 0.25) is 0 Å². The number of phenols is 1. The molecule has 0 aliphatic carbocycles. The van der Waals surface area contributed by atoms with E-state index in [-0.39, 0.29) is 34.4 Å². The maximum atomic E-state index is 13.3.